The van der Waals surface area contributed by atoms with Crippen molar-refractivity contribution in [1.29, 1.82) is 5.26 Å². The summed E-state index contributed by atoms with van der Waals surface area (Å²) in [6.07, 6.45) is 0.643. The molecule has 0 spiro atoms. The van der Waals surface area contributed by atoms with Crippen LogP contribution in [0.3, 0.4) is 0 Å². The quantitative estimate of drug-likeness (QED) is 0.844. The summed E-state index contributed by atoms with van der Waals surface area (Å²) in [6.45, 7) is 4.06. The van der Waals surface area contributed by atoms with Gasteiger partial charge in [-0.15, -0.1) is 0 Å². The molecule has 1 aromatic rings. The molecule has 0 bridgehead atoms. The minimum Gasteiger partial charge on any atom is -0.467 e. The number of hydrogen-bond acceptors (Lipinski definition) is 4. The monoisotopic (exact) mass is 324 g/mol. The smallest absolute Gasteiger partial charge is 0.328 e. The zero-order chi connectivity index (χ0) is 14.4. The number of ether oxygens (including phenoxy) is 1. The third kappa shape index (κ3) is 4.25. The standard InChI is InChI=1S/C14H17BrN2O2/c1-9(2)7-13(14(18)19-3)17-12-6-4-5-11(15)10(12)8-16/h4-6,9,13,17H,7H2,1-3H3. The molecular weight excluding hydrogens is 308 g/mol. The highest BCUT2D eigenvalue weighted by molar-refractivity contribution is 9.10. The third-order valence-electron chi connectivity index (χ3n) is 2.65. The molecule has 0 heterocycles. The van der Waals surface area contributed by atoms with Crippen LogP contribution in [0.5, 0.6) is 0 Å². The van der Waals surface area contributed by atoms with Gasteiger partial charge in [0.05, 0.1) is 18.4 Å². The summed E-state index contributed by atoms with van der Waals surface area (Å²) in [5.41, 5.74) is 1.12. The average molecular weight is 325 g/mol. The first-order chi connectivity index (χ1) is 8.99. The number of carbonyl (C=O) groups is 1. The predicted molar refractivity (Wildman–Crippen MR) is 77.7 cm³/mol. The van der Waals surface area contributed by atoms with Gasteiger partial charge in [0, 0.05) is 4.47 Å². The van der Waals surface area contributed by atoms with Crippen LogP contribution in [-0.4, -0.2) is 19.1 Å². The van der Waals surface area contributed by atoms with Gasteiger partial charge < -0.3 is 10.1 Å². The molecule has 0 radical (unpaired) electrons. The first kappa shape index (κ1) is 15.5. The highest BCUT2D eigenvalue weighted by atomic mass is 79.9. The average Bonchev–Trinajstić information content (AvgIpc) is 2.36. The molecule has 4 nitrogen and oxygen atoms in total. The van der Waals surface area contributed by atoms with Crippen LogP contribution in [0.1, 0.15) is 25.8 Å². The van der Waals surface area contributed by atoms with E-state index in [1.54, 1.807) is 12.1 Å². The lowest BCUT2D eigenvalue weighted by atomic mass is 10.0. The molecule has 19 heavy (non-hydrogen) atoms. The first-order valence-electron chi connectivity index (χ1n) is 6.02. The van der Waals surface area contributed by atoms with E-state index in [0.29, 0.717) is 28.1 Å². The van der Waals surface area contributed by atoms with Crippen molar-refractivity contribution in [3.05, 3.63) is 28.2 Å². The number of nitriles is 1. The maximum Gasteiger partial charge on any atom is 0.328 e. The van der Waals surface area contributed by atoms with Crippen molar-refractivity contribution in [2.24, 2.45) is 5.92 Å². The van der Waals surface area contributed by atoms with Gasteiger partial charge in [-0.25, -0.2) is 4.79 Å². The molecule has 102 valence electrons. The van der Waals surface area contributed by atoms with Gasteiger partial charge in [-0.05, 0) is 40.4 Å². The number of carbonyl (C=O) groups excluding carboxylic acids is 1. The van der Waals surface area contributed by atoms with Crippen LogP contribution in [0.25, 0.3) is 0 Å². The largest absolute Gasteiger partial charge is 0.467 e. The van der Waals surface area contributed by atoms with Gasteiger partial charge in [-0.3, -0.25) is 0 Å². The number of esters is 1. The summed E-state index contributed by atoms with van der Waals surface area (Å²) < 4.78 is 5.50. The summed E-state index contributed by atoms with van der Waals surface area (Å²) in [7, 11) is 1.36. The molecular formula is C14H17BrN2O2. The van der Waals surface area contributed by atoms with E-state index in [4.69, 9.17) is 10.00 Å². The van der Waals surface area contributed by atoms with Crippen molar-refractivity contribution in [2.45, 2.75) is 26.3 Å². The summed E-state index contributed by atoms with van der Waals surface area (Å²) in [6, 6.07) is 7.05. The van der Waals surface area contributed by atoms with E-state index >= 15 is 0 Å². The molecule has 1 unspecified atom stereocenters. The Morgan fingerprint density at radius 1 is 1.53 bits per heavy atom. The number of rotatable bonds is 5. The SMILES string of the molecule is COC(=O)C(CC(C)C)Nc1cccc(Br)c1C#N. The molecule has 1 atom stereocenters. The number of anilines is 1. The van der Waals surface area contributed by atoms with Crippen LogP contribution >= 0.6 is 15.9 Å². The number of methoxy groups -OCH3 is 1. The lowest BCUT2D eigenvalue weighted by Gasteiger charge is -2.20. The molecule has 0 aliphatic rings. The van der Waals surface area contributed by atoms with Gasteiger partial charge in [0.15, 0.2) is 0 Å². The van der Waals surface area contributed by atoms with Crippen LogP contribution in [0.2, 0.25) is 0 Å². The number of nitrogens with one attached hydrogen (secondary N) is 1. The lowest BCUT2D eigenvalue weighted by molar-refractivity contribution is -0.141. The maximum absolute atomic E-state index is 11.8. The van der Waals surface area contributed by atoms with Crippen LogP contribution < -0.4 is 5.32 Å². The summed E-state index contributed by atoms with van der Waals surface area (Å²) >= 11 is 3.32. The van der Waals surface area contributed by atoms with Crippen LogP contribution in [0.15, 0.2) is 22.7 Å². The second-order valence-corrected chi connectivity index (χ2v) is 5.48. The second-order valence-electron chi connectivity index (χ2n) is 4.62. The predicted octanol–water partition coefficient (Wildman–Crippen LogP) is 3.32. The minimum absolute atomic E-state index is 0.322. The van der Waals surface area contributed by atoms with Crippen molar-refractivity contribution in [3.63, 3.8) is 0 Å². The Bertz CT molecular complexity index is 495. The number of halogens is 1. The van der Waals surface area contributed by atoms with Crippen LogP contribution in [-0.2, 0) is 9.53 Å². The third-order valence-corrected chi connectivity index (χ3v) is 3.31. The number of benzene rings is 1. The molecule has 0 amide bonds. The van der Waals surface area contributed by atoms with Crippen molar-refractivity contribution in [3.8, 4) is 6.07 Å². The lowest BCUT2D eigenvalue weighted by Crippen LogP contribution is -2.32. The van der Waals surface area contributed by atoms with E-state index < -0.39 is 6.04 Å². The molecule has 1 N–H and O–H groups in total. The first-order valence-corrected chi connectivity index (χ1v) is 6.81. The Morgan fingerprint density at radius 3 is 2.74 bits per heavy atom. The van der Waals surface area contributed by atoms with Gasteiger partial charge in [0.25, 0.3) is 0 Å². The number of nitrogens with zero attached hydrogens (tertiary/aromatic N) is 1. The topological polar surface area (TPSA) is 62.1 Å². The Hall–Kier alpha value is -1.54. The van der Waals surface area contributed by atoms with Gasteiger partial charge >= 0.3 is 5.97 Å². The zero-order valence-electron chi connectivity index (χ0n) is 11.2. The summed E-state index contributed by atoms with van der Waals surface area (Å²) in [5, 5.41) is 12.2. The zero-order valence-corrected chi connectivity index (χ0v) is 12.8. The fourth-order valence-electron chi connectivity index (χ4n) is 1.77. The fraction of sp³-hybridized carbons (Fsp3) is 0.429. The highest BCUT2D eigenvalue weighted by Gasteiger charge is 2.21. The molecule has 5 heteroatoms. The fourth-order valence-corrected chi connectivity index (χ4v) is 2.23. The Labute approximate surface area is 121 Å². The van der Waals surface area contributed by atoms with E-state index in [2.05, 4.69) is 27.3 Å². The number of hydrogen-bond donors (Lipinski definition) is 1. The highest BCUT2D eigenvalue weighted by Crippen LogP contribution is 2.25. The van der Waals surface area contributed by atoms with Crippen molar-refractivity contribution >= 4 is 27.6 Å². The molecule has 0 fully saturated rings. The second kappa shape index (κ2) is 7.15. The van der Waals surface area contributed by atoms with Gasteiger partial charge in [0.2, 0.25) is 0 Å². The van der Waals surface area contributed by atoms with Crippen LogP contribution in [0, 0.1) is 17.2 Å². The Balaban J connectivity index is 3.00. The molecule has 0 aliphatic carbocycles. The summed E-state index contributed by atoms with van der Waals surface area (Å²) in [5.74, 6) is 0.0202. The molecule has 0 aromatic heterocycles. The van der Waals surface area contributed by atoms with E-state index in [0.717, 1.165) is 0 Å². The van der Waals surface area contributed by atoms with Gasteiger partial charge in [-0.2, -0.15) is 5.26 Å². The van der Waals surface area contributed by atoms with E-state index in [9.17, 15) is 4.79 Å². The minimum atomic E-state index is -0.452. The molecule has 1 aromatic carbocycles. The maximum atomic E-state index is 11.8. The van der Waals surface area contributed by atoms with Crippen molar-refractivity contribution in [1.82, 2.24) is 0 Å². The molecule has 0 saturated heterocycles. The molecule has 0 aliphatic heterocycles. The molecule has 1 rings (SSSR count). The molecule has 0 saturated carbocycles. The van der Waals surface area contributed by atoms with E-state index in [1.807, 2.05) is 19.9 Å². The van der Waals surface area contributed by atoms with Gasteiger partial charge in [-0.1, -0.05) is 19.9 Å². The normalized spacial score (nSPS) is 11.8. The van der Waals surface area contributed by atoms with E-state index in [-0.39, 0.29) is 5.97 Å². The van der Waals surface area contributed by atoms with Crippen LogP contribution in [0.4, 0.5) is 5.69 Å². The summed E-state index contributed by atoms with van der Waals surface area (Å²) in [4.78, 5) is 11.8. The van der Waals surface area contributed by atoms with E-state index in [1.165, 1.54) is 7.11 Å². The van der Waals surface area contributed by atoms with Gasteiger partial charge in [0.1, 0.15) is 12.1 Å². The van der Waals surface area contributed by atoms with Crippen molar-refractivity contribution in [2.75, 3.05) is 12.4 Å². The Kier molecular flexibility index (Phi) is 5.84. The Morgan fingerprint density at radius 2 is 2.21 bits per heavy atom. The van der Waals surface area contributed by atoms with Crippen molar-refractivity contribution < 1.29 is 9.53 Å².